The van der Waals surface area contributed by atoms with Gasteiger partial charge in [0.15, 0.2) is 0 Å². The fraction of sp³-hybridized carbons (Fsp3) is 0.250. The zero-order chi connectivity index (χ0) is 21.7. The highest BCUT2D eigenvalue weighted by Crippen LogP contribution is 2.22. The van der Waals surface area contributed by atoms with Gasteiger partial charge in [0.2, 0.25) is 5.91 Å². The number of rotatable bonds is 7. The first-order chi connectivity index (χ1) is 14.3. The first-order valence-electron chi connectivity index (χ1n) is 9.75. The first-order valence-corrected chi connectivity index (χ1v) is 11.7. The molecule has 30 heavy (non-hydrogen) atoms. The fourth-order valence-corrected chi connectivity index (χ4v) is 4.70. The highest BCUT2D eigenvalue weighted by Gasteiger charge is 2.10. The van der Waals surface area contributed by atoms with Crippen LogP contribution in [0.3, 0.4) is 0 Å². The number of carbonyl (C=O) groups excluding carboxylic acids is 1. The van der Waals surface area contributed by atoms with Crippen LogP contribution in [0, 0.1) is 27.7 Å². The smallest absolute Gasteiger partial charge is 0.250 e. The van der Waals surface area contributed by atoms with Crippen LogP contribution in [0.4, 0.5) is 0 Å². The largest absolute Gasteiger partial charge is 0.318 e. The van der Waals surface area contributed by atoms with Gasteiger partial charge < -0.3 is 4.57 Å². The van der Waals surface area contributed by atoms with Crippen LogP contribution in [-0.4, -0.2) is 22.4 Å². The van der Waals surface area contributed by atoms with Crippen molar-refractivity contribution >= 4 is 39.8 Å². The van der Waals surface area contributed by atoms with E-state index < -0.39 is 0 Å². The highest BCUT2D eigenvalue weighted by molar-refractivity contribution is 9.10. The molecule has 0 saturated heterocycles. The highest BCUT2D eigenvalue weighted by atomic mass is 79.9. The molecule has 4 nitrogen and oxygen atoms in total. The standard InChI is InChI=1S/C24H26BrN3OS/c1-16-8-17(2)10-23(9-16)28-18(3)11-21(19(28)4)13-26-27-24(29)15-30-14-20-6-5-7-22(25)12-20/h5-13H,14-15H2,1-4H3,(H,27,29)/b26-13-. The quantitative estimate of drug-likeness (QED) is 0.338. The van der Waals surface area contributed by atoms with Gasteiger partial charge >= 0.3 is 0 Å². The summed E-state index contributed by atoms with van der Waals surface area (Å²) in [4.78, 5) is 12.1. The third-order valence-corrected chi connectivity index (χ3v) is 6.22. The van der Waals surface area contributed by atoms with Gasteiger partial charge in [0, 0.05) is 32.9 Å². The molecule has 2 aromatic carbocycles. The van der Waals surface area contributed by atoms with Crippen molar-refractivity contribution in [2.24, 2.45) is 5.10 Å². The number of aromatic nitrogens is 1. The average molecular weight is 484 g/mol. The topological polar surface area (TPSA) is 46.4 Å². The monoisotopic (exact) mass is 483 g/mol. The normalized spacial score (nSPS) is 11.2. The van der Waals surface area contributed by atoms with Crippen molar-refractivity contribution in [3.05, 3.63) is 86.6 Å². The number of carbonyl (C=O) groups is 1. The zero-order valence-corrected chi connectivity index (χ0v) is 20.1. The van der Waals surface area contributed by atoms with E-state index in [1.807, 2.05) is 12.1 Å². The van der Waals surface area contributed by atoms with Crippen molar-refractivity contribution in [1.82, 2.24) is 9.99 Å². The van der Waals surface area contributed by atoms with Gasteiger partial charge in [-0.3, -0.25) is 4.79 Å². The molecule has 1 N–H and O–H groups in total. The lowest BCUT2D eigenvalue weighted by Crippen LogP contribution is -2.19. The molecule has 0 aliphatic rings. The van der Waals surface area contributed by atoms with Gasteiger partial charge in [0.25, 0.3) is 0 Å². The molecule has 0 aliphatic carbocycles. The molecule has 6 heteroatoms. The van der Waals surface area contributed by atoms with Crippen LogP contribution in [0.2, 0.25) is 0 Å². The predicted molar refractivity (Wildman–Crippen MR) is 131 cm³/mol. The maximum atomic E-state index is 12.1. The summed E-state index contributed by atoms with van der Waals surface area (Å²) in [6.07, 6.45) is 1.72. The molecule has 1 heterocycles. The number of aryl methyl sites for hydroxylation is 3. The number of benzene rings is 2. The molecule has 0 saturated carbocycles. The van der Waals surface area contributed by atoms with Gasteiger partial charge in [-0.25, -0.2) is 5.43 Å². The Morgan fingerprint density at radius 3 is 2.53 bits per heavy atom. The minimum Gasteiger partial charge on any atom is -0.318 e. The molecule has 0 atom stereocenters. The Kier molecular flexibility index (Phi) is 7.56. The maximum Gasteiger partial charge on any atom is 0.250 e. The predicted octanol–water partition coefficient (Wildman–Crippen LogP) is 5.86. The fourth-order valence-electron chi connectivity index (χ4n) is 3.49. The molecular formula is C24H26BrN3OS. The van der Waals surface area contributed by atoms with Crippen LogP contribution in [0.25, 0.3) is 5.69 Å². The lowest BCUT2D eigenvalue weighted by atomic mass is 10.1. The summed E-state index contributed by atoms with van der Waals surface area (Å²) in [6.45, 7) is 8.37. The van der Waals surface area contributed by atoms with E-state index >= 15 is 0 Å². The molecular weight excluding hydrogens is 458 g/mol. The number of nitrogens with one attached hydrogen (secondary N) is 1. The SMILES string of the molecule is Cc1cc(C)cc(-n2c(C)cc(/C=N\NC(=O)CSCc3cccc(Br)c3)c2C)c1. The molecule has 156 valence electrons. The summed E-state index contributed by atoms with van der Waals surface area (Å²) in [5.41, 5.74) is 10.7. The number of hydrogen-bond donors (Lipinski definition) is 1. The van der Waals surface area contributed by atoms with Crippen LogP contribution in [0.1, 0.15) is 33.6 Å². The van der Waals surface area contributed by atoms with Crippen LogP contribution in [-0.2, 0) is 10.5 Å². The molecule has 1 amide bonds. The van der Waals surface area contributed by atoms with Crippen molar-refractivity contribution in [2.75, 3.05) is 5.75 Å². The summed E-state index contributed by atoms with van der Waals surface area (Å²) >= 11 is 5.03. The summed E-state index contributed by atoms with van der Waals surface area (Å²) in [7, 11) is 0. The Bertz CT molecular complexity index is 1070. The molecule has 0 aliphatic heterocycles. The summed E-state index contributed by atoms with van der Waals surface area (Å²) in [6, 6.07) is 16.7. The van der Waals surface area contributed by atoms with Crippen molar-refractivity contribution in [2.45, 2.75) is 33.4 Å². The molecule has 3 aromatic rings. The van der Waals surface area contributed by atoms with E-state index in [2.05, 4.69) is 95.1 Å². The van der Waals surface area contributed by atoms with Gasteiger partial charge in [-0.15, -0.1) is 11.8 Å². The number of amides is 1. The van der Waals surface area contributed by atoms with Crippen molar-refractivity contribution in [3.63, 3.8) is 0 Å². The number of nitrogens with zero attached hydrogens (tertiary/aromatic N) is 2. The number of hydrazone groups is 1. The second kappa shape index (κ2) is 10.1. The van der Waals surface area contributed by atoms with E-state index in [1.54, 1.807) is 18.0 Å². The molecule has 1 aromatic heterocycles. The van der Waals surface area contributed by atoms with Crippen molar-refractivity contribution in [1.29, 1.82) is 0 Å². The van der Waals surface area contributed by atoms with E-state index in [0.717, 1.165) is 32.9 Å². The van der Waals surface area contributed by atoms with Gasteiger partial charge in [-0.2, -0.15) is 5.10 Å². The first kappa shape index (κ1) is 22.4. The molecule has 3 rings (SSSR count). The van der Waals surface area contributed by atoms with E-state index in [-0.39, 0.29) is 5.91 Å². The Labute approximate surface area is 190 Å². The summed E-state index contributed by atoms with van der Waals surface area (Å²) in [5, 5.41) is 4.17. The van der Waals surface area contributed by atoms with Gasteiger partial charge in [0.05, 0.1) is 12.0 Å². The van der Waals surface area contributed by atoms with Crippen molar-refractivity contribution < 1.29 is 4.79 Å². The molecule has 0 fully saturated rings. The third-order valence-electron chi connectivity index (χ3n) is 4.72. The lowest BCUT2D eigenvalue weighted by Gasteiger charge is -2.11. The van der Waals surface area contributed by atoms with E-state index in [9.17, 15) is 4.79 Å². The molecule has 0 bridgehead atoms. The summed E-state index contributed by atoms with van der Waals surface area (Å²) in [5.74, 6) is 1.05. The Morgan fingerprint density at radius 1 is 1.10 bits per heavy atom. The molecule has 0 radical (unpaired) electrons. The second-order valence-corrected chi connectivity index (χ2v) is 9.32. The Hall–Kier alpha value is -2.31. The van der Waals surface area contributed by atoms with Crippen LogP contribution < -0.4 is 5.43 Å². The van der Waals surface area contributed by atoms with E-state index in [1.165, 1.54) is 16.7 Å². The average Bonchev–Trinajstić information content (AvgIpc) is 2.94. The van der Waals surface area contributed by atoms with Crippen molar-refractivity contribution in [3.8, 4) is 5.69 Å². The Balaban J connectivity index is 1.59. The summed E-state index contributed by atoms with van der Waals surface area (Å²) < 4.78 is 3.27. The zero-order valence-electron chi connectivity index (χ0n) is 17.7. The minimum absolute atomic E-state index is 0.102. The van der Waals surface area contributed by atoms with Gasteiger partial charge in [-0.1, -0.05) is 34.1 Å². The minimum atomic E-state index is -0.102. The number of halogens is 1. The van der Waals surface area contributed by atoms with E-state index in [0.29, 0.717) is 5.75 Å². The van der Waals surface area contributed by atoms with Crippen LogP contribution in [0.15, 0.2) is 58.1 Å². The third kappa shape index (κ3) is 5.86. The molecule has 0 spiro atoms. The number of hydrogen-bond acceptors (Lipinski definition) is 3. The second-order valence-electron chi connectivity index (χ2n) is 7.42. The molecule has 0 unspecified atom stereocenters. The van der Waals surface area contributed by atoms with Gasteiger partial charge in [-0.05, 0) is 74.7 Å². The van der Waals surface area contributed by atoms with Crippen LogP contribution in [0.5, 0.6) is 0 Å². The van der Waals surface area contributed by atoms with Crippen LogP contribution >= 0.6 is 27.7 Å². The van der Waals surface area contributed by atoms with Gasteiger partial charge in [0.1, 0.15) is 0 Å². The maximum absolute atomic E-state index is 12.1. The number of thioether (sulfide) groups is 1. The Morgan fingerprint density at radius 2 is 1.83 bits per heavy atom. The lowest BCUT2D eigenvalue weighted by molar-refractivity contribution is -0.118. The van der Waals surface area contributed by atoms with E-state index in [4.69, 9.17) is 0 Å².